The van der Waals surface area contributed by atoms with Gasteiger partial charge in [-0.15, -0.1) is 10.2 Å². The Labute approximate surface area is 123 Å². The Bertz CT molecular complexity index is 553. The monoisotopic (exact) mass is 295 g/mol. The molecule has 1 heterocycles. The zero-order chi connectivity index (χ0) is 13.8. The molecule has 19 heavy (non-hydrogen) atoms. The molecule has 1 atom stereocenters. The lowest BCUT2D eigenvalue weighted by molar-refractivity contribution is 0.531. The zero-order valence-corrected chi connectivity index (χ0v) is 13.0. The van der Waals surface area contributed by atoms with Gasteiger partial charge < -0.3 is 5.32 Å². The largest absolute Gasteiger partial charge is 0.308 e. The quantitative estimate of drug-likeness (QED) is 0.897. The Morgan fingerprint density at radius 3 is 2.74 bits per heavy atom. The minimum Gasteiger partial charge on any atom is -0.308 e. The van der Waals surface area contributed by atoms with Crippen LogP contribution >= 0.6 is 22.9 Å². The minimum absolute atomic E-state index is 0.289. The van der Waals surface area contributed by atoms with Gasteiger partial charge in [-0.1, -0.05) is 48.9 Å². The highest BCUT2D eigenvalue weighted by Crippen LogP contribution is 2.30. The van der Waals surface area contributed by atoms with Gasteiger partial charge >= 0.3 is 0 Å². The first kappa shape index (κ1) is 14.4. The van der Waals surface area contributed by atoms with Gasteiger partial charge in [0, 0.05) is 10.6 Å². The first-order valence-electron chi connectivity index (χ1n) is 6.49. The van der Waals surface area contributed by atoms with Crippen molar-refractivity contribution in [2.45, 2.75) is 33.2 Å². The van der Waals surface area contributed by atoms with Gasteiger partial charge in [-0.25, -0.2) is 0 Å². The van der Waals surface area contributed by atoms with Crippen molar-refractivity contribution in [3.63, 3.8) is 0 Å². The first-order valence-corrected chi connectivity index (χ1v) is 7.68. The maximum Gasteiger partial charge on any atom is 0.147 e. The van der Waals surface area contributed by atoms with E-state index in [1.54, 1.807) is 11.3 Å². The molecule has 5 heteroatoms. The Balaban J connectivity index is 2.27. The van der Waals surface area contributed by atoms with Gasteiger partial charge in [0.05, 0.1) is 6.04 Å². The van der Waals surface area contributed by atoms with E-state index in [4.69, 9.17) is 11.6 Å². The molecular formula is C14H18ClN3S. The van der Waals surface area contributed by atoms with Crippen molar-refractivity contribution in [3.8, 4) is 10.6 Å². The molecule has 1 aromatic heterocycles. The third-order valence-corrected chi connectivity index (χ3v) is 4.51. The highest BCUT2D eigenvalue weighted by atomic mass is 35.5. The van der Waals surface area contributed by atoms with Crippen molar-refractivity contribution in [2.24, 2.45) is 0 Å². The summed E-state index contributed by atoms with van der Waals surface area (Å²) >= 11 is 7.78. The van der Waals surface area contributed by atoms with Crippen molar-refractivity contribution in [2.75, 3.05) is 6.54 Å². The second kappa shape index (κ2) is 6.46. The summed E-state index contributed by atoms with van der Waals surface area (Å²) in [6.07, 6.45) is 1.01. The standard InChI is InChI=1S/C14H18ClN3S/c1-4-12(16-5-2)14-18-17-13(19-14)10-7-6-9(3)11(15)8-10/h6-8,12,16H,4-5H2,1-3H3. The molecule has 3 nitrogen and oxygen atoms in total. The maximum absolute atomic E-state index is 6.15. The molecule has 0 aliphatic carbocycles. The van der Waals surface area contributed by atoms with E-state index in [1.165, 1.54) is 0 Å². The van der Waals surface area contributed by atoms with E-state index in [9.17, 15) is 0 Å². The van der Waals surface area contributed by atoms with E-state index >= 15 is 0 Å². The van der Waals surface area contributed by atoms with Crippen LogP contribution in [0.25, 0.3) is 10.6 Å². The molecule has 1 unspecified atom stereocenters. The number of aromatic nitrogens is 2. The van der Waals surface area contributed by atoms with E-state index in [2.05, 4.69) is 29.4 Å². The molecule has 2 aromatic rings. The molecule has 1 aromatic carbocycles. The average molecular weight is 296 g/mol. The van der Waals surface area contributed by atoms with Crippen molar-refractivity contribution < 1.29 is 0 Å². The molecule has 0 amide bonds. The van der Waals surface area contributed by atoms with Crippen LogP contribution < -0.4 is 5.32 Å². The van der Waals surface area contributed by atoms with E-state index < -0.39 is 0 Å². The molecule has 0 aliphatic heterocycles. The summed E-state index contributed by atoms with van der Waals surface area (Å²) in [6, 6.07) is 6.30. The molecule has 0 fully saturated rings. The van der Waals surface area contributed by atoms with Gasteiger partial charge in [0.1, 0.15) is 10.0 Å². The minimum atomic E-state index is 0.289. The number of halogens is 1. The van der Waals surface area contributed by atoms with Crippen LogP contribution in [-0.2, 0) is 0 Å². The van der Waals surface area contributed by atoms with Crippen LogP contribution in [-0.4, -0.2) is 16.7 Å². The lowest BCUT2D eigenvalue weighted by Crippen LogP contribution is -2.19. The van der Waals surface area contributed by atoms with E-state index in [0.29, 0.717) is 0 Å². The van der Waals surface area contributed by atoms with E-state index in [1.807, 2.05) is 25.1 Å². The lowest BCUT2D eigenvalue weighted by Gasteiger charge is -2.10. The number of hydrogen-bond donors (Lipinski definition) is 1. The molecule has 0 spiro atoms. The zero-order valence-electron chi connectivity index (χ0n) is 11.4. The van der Waals surface area contributed by atoms with Crippen molar-refractivity contribution in [1.82, 2.24) is 15.5 Å². The summed E-state index contributed by atoms with van der Waals surface area (Å²) < 4.78 is 0. The molecule has 0 radical (unpaired) electrons. The van der Waals surface area contributed by atoms with Gasteiger partial charge in [0.2, 0.25) is 0 Å². The molecule has 2 rings (SSSR count). The first-order chi connectivity index (χ1) is 9.15. The fourth-order valence-electron chi connectivity index (χ4n) is 1.87. The number of nitrogens with one attached hydrogen (secondary N) is 1. The van der Waals surface area contributed by atoms with Crippen LogP contribution in [0.1, 0.15) is 36.9 Å². The molecule has 0 aliphatic rings. The second-order valence-electron chi connectivity index (χ2n) is 4.43. The highest BCUT2D eigenvalue weighted by Gasteiger charge is 2.15. The van der Waals surface area contributed by atoms with Crippen LogP contribution in [0.4, 0.5) is 0 Å². The summed E-state index contributed by atoms with van der Waals surface area (Å²) in [5.41, 5.74) is 2.11. The molecule has 0 saturated heterocycles. The molecule has 0 saturated carbocycles. The second-order valence-corrected chi connectivity index (χ2v) is 5.84. The third kappa shape index (κ3) is 3.32. The smallest absolute Gasteiger partial charge is 0.147 e. The Morgan fingerprint density at radius 1 is 1.32 bits per heavy atom. The molecule has 102 valence electrons. The lowest BCUT2D eigenvalue weighted by atomic mass is 10.2. The highest BCUT2D eigenvalue weighted by molar-refractivity contribution is 7.14. The molecule has 1 N–H and O–H groups in total. The third-order valence-electron chi connectivity index (χ3n) is 3.02. The van der Waals surface area contributed by atoms with Crippen LogP contribution in [0.2, 0.25) is 5.02 Å². The van der Waals surface area contributed by atoms with Crippen LogP contribution in [0, 0.1) is 6.92 Å². The Kier molecular flexibility index (Phi) is 4.91. The molecular weight excluding hydrogens is 278 g/mol. The van der Waals surface area contributed by atoms with Gasteiger partial charge in [0.25, 0.3) is 0 Å². The maximum atomic E-state index is 6.15. The van der Waals surface area contributed by atoms with Crippen LogP contribution in [0.15, 0.2) is 18.2 Å². The summed E-state index contributed by atoms with van der Waals surface area (Å²) in [4.78, 5) is 0. The van der Waals surface area contributed by atoms with E-state index in [0.717, 1.165) is 39.1 Å². The van der Waals surface area contributed by atoms with Crippen LogP contribution in [0.3, 0.4) is 0 Å². The molecule has 0 bridgehead atoms. The Morgan fingerprint density at radius 2 is 2.11 bits per heavy atom. The van der Waals surface area contributed by atoms with Gasteiger partial charge in [-0.05, 0) is 31.5 Å². The Hall–Kier alpha value is -0.970. The van der Waals surface area contributed by atoms with Gasteiger partial charge in [-0.2, -0.15) is 0 Å². The summed E-state index contributed by atoms with van der Waals surface area (Å²) in [5, 5.41) is 14.7. The van der Waals surface area contributed by atoms with Gasteiger partial charge in [-0.3, -0.25) is 0 Å². The summed E-state index contributed by atoms with van der Waals surface area (Å²) in [5.74, 6) is 0. The van der Waals surface area contributed by atoms with Gasteiger partial charge in [0.15, 0.2) is 0 Å². The van der Waals surface area contributed by atoms with Crippen molar-refractivity contribution in [1.29, 1.82) is 0 Å². The summed E-state index contributed by atoms with van der Waals surface area (Å²) in [6.45, 7) is 7.18. The number of nitrogens with zero attached hydrogens (tertiary/aromatic N) is 2. The average Bonchev–Trinajstić information content (AvgIpc) is 2.88. The van der Waals surface area contributed by atoms with Crippen LogP contribution in [0.5, 0.6) is 0 Å². The fraction of sp³-hybridized carbons (Fsp3) is 0.429. The predicted molar refractivity (Wildman–Crippen MR) is 81.8 cm³/mol. The number of aryl methyl sites for hydroxylation is 1. The summed E-state index contributed by atoms with van der Waals surface area (Å²) in [7, 11) is 0. The number of benzene rings is 1. The van der Waals surface area contributed by atoms with Crippen molar-refractivity contribution in [3.05, 3.63) is 33.8 Å². The fourth-order valence-corrected chi connectivity index (χ4v) is 3.05. The predicted octanol–water partition coefficient (Wildman–Crippen LogP) is 4.23. The number of rotatable bonds is 5. The number of hydrogen-bond acceptors (Lipinski definition) is 4. The SMILES string of the molecule is CCNC(CC)c1nnc(-c2ccc(C)c(Cl)c2)s1. The normalized spacial score (nSPS) is 12.6. The topological polar surface area (TPSA) is 37.8 Å². The van der Waals surface area contributed by atoms with E-state index in [-0.39, 0.29) is 6.04 Å². The van der Waals surface area contributed by atoms with Crippen molar-refractivity contribution >= 4 is 22.9 Å².